The first-order valence-electron chi connectivity index (χ1n) is 6.41. The highest BCUT2D eigenvalue weighted by molar-refractivity contribution is 7.91. The van der Waals surface area contributed by atoms with E-state index in [1.54, 1.807) is 30.3 Å². The summed E-state index contributed by atoms with van der Waals surface area (Å²) >= 11 is 1.12. The van der Waals surface area contributed by atoms with Crippen LogP contribution in [-0.4, -0.2) is 28.5 Å². The van der Waals surface area contributed by atoms with Crippen molar-refractivity contribution in [1.29, 1.82) is 0 Å². The lowest BCUT2D eigenvalue weighted by Gasteiger charge is -2.08. The minimum atomic E-state index is -3.44. The topological polar surface area (TPSA) is 84.5 Å². The van der Waals surface area contributed by atoms with Crippen molar-refractivity contribution in [3.63, 3.8) is 0 Å². The summed E-state index contributed by atoms with van der Waals surface area (Å²) in [6.07, 6.45) is 0. The highest BCUT2D eigenvalue weighted by atomic mass is 32.2. The lowest BCUT2D eigenvalue weighted by Crippen LogP contribution is -2.22. The molecule has 2 aromatic rings. The van der Waals surface area contributed by atoms with E-state index in [-0.39, 0.29) is 16.7 Å². The van der Waals surface area contributed by atoms with Crippen molar-refractivity contribution in [2.45, 2.75) is 10.8 Å². The third-order valence-electron chi connectivity index (χ3n) is 2.95. The molecule has 0 atom stereocenters. The zero-order chi connectivity index (χ0) is 16.2. The molecule has 1 heterocycles. The normalized spacial score (nSPS) is 11.2. The Morgan fingerprint density at radius 3 is 2.64 bits per heavy atom. The van der Waals surface area contributed by atoms with E-state index in [4.69, 9.17) is 4.74 Å². The molecule has 1 amide bonds. The summed E-state index contributed by atoms with van der Waals surface area (Å²) < 4.78 is 30.9. The van der Waals surface area contributed by atoms with Gasteiger partial charge in [0.05, 0.1) is 19.2 Å². The van der Waals surface area contributed by atoms with Gasteiger partial charge in [-0.05, 0) is 31.3 Å². The smallest absolute Gasteiger partial charge is 0.255 e. The summed E-state index contributed by atoms with van der Waals surface area (Å²) in [7, 11) is -0.583. The van der Waals surface area contributed by atoms with Crippen LogP contribution in [0.4, 0.5) is 0 Å². The zero-order valence-corrected chi connectivity index (χ0v) is 13.8. The van der Waals surface area contributed by atoms with Gasteiger partial charge in [-0.15, -0.1) is 11.3 Å². The second-order valence-corrected chi connectivity index (χ2v) is 7.59. The van der Waals surface area contributed by atoms with E-state index in [1.807, 2.05) is 0 Å². The largest absolute Gasteiger partial charge is 0.496 e. The van der Waals surface area contributed by atoms with Crippen LogP contribution in [0.2, 0.25) is 0 Å². The summed E-state index contributed by atoms with van der Waals surface area (Å²) in [4.78, 5) is 12.9. The number of amides is 1. The van der Waals surface area contributed by atoms with E-state index in [1.165, 1.54) is 20.2 Å². The molecule has 1 aromatic heterocycles. The Balaban J connectivity index is 2.06. The molecule has 22 heavy (non-hydrogen) atoms. The molecule has 0 bridgehead atoms. The monoisotopic (exact) mass is 340 g/mol. The second-order valence-electron chi connectivity index (χ2n) is 4.31. The molecule has 2 N–H and O–H groups in total. The average molecular weight is 340 g/mol. The number of carbonyl (C=O) groups is 1. The molecule has 6 nitrogen and oxygen atoms in total. The van der Waals surface area contributed by atoms with Gasteiger partial charge < -0.3 is 10.1 Å². The van der Waals surface area contributed by atoms with E-state index in [2.05, 4.69) is 10.0 Å². The molecule has 0 spiro atoms. The average Bonchev–Trinajstić information content (AvgIpc) is 3.02. The van der Waals surface area contributed by atoms with Crippen LogP contribution >= 0.6 is 11.3 Å². The fourth-order valence-electron chi connectivity index (χ4n) is 1.79. The SMILES string of the molecule is CNS(=O)(=O)c1ccc(CNC(=O)c2ccccc2OC)s1. The van der Waals surface area contributed by atoms with Crippen LogP contribution in [0.25, 0.3) is 0 Å². The van der Waals surface area contributed by atoms with Crippen molar-refractivity contribution in [1.82, 2.24) is 10.0 Å². The third-order valence-corrected chi connectivity index (χ3v) is 5.94. The molecule has 8 heteroatoms. The molecule has 0 saturated carbocycles. The van der Waals surface area contributed by atoms with Gasteiger partial charge in [0.2, 0.25) is 10.0 Å². The van der Waals surface area contributed by atoms with Crippen LogP contribution in [-0.2, 0) is 16.6 Å². The van der Waals surface area contributed by atoms with Gasteiger partial charge in [-0.2, -0.15) is 0 Å². The van der Waals surface area contributed by atoms with Gasteiger partial charge in [0.15, 0.2) is 0 Å². The van der Waals surface area contributed by atoms with Gasteiger partial charge >= 0.3 is 0 Å². The van der Waals surface area contributed by atoms with E-state index < -0.39 is 10.0 Å². The van der Waals surface area contributed by atoms with Gasteiger partial charge in [-0.3, -0.25) is 4.79 Å². The van der Waals surface area contributed by atoms with Crippen LogP contribution in [0.3, 0.4) is 0 Å². The number of ether oxygens (including phenoxy) is 1. The van der Waals surface area contributed by atoms with Gasteiger partial charge in [0.1, 0.15) is 9.96 Å². The van der Waals surface area contributed by atoms with Crippen LogP contribution in [0.1, 0.15) is 15.2 Å². The molecule has 2 rings (SSSR count). The molecule has 0 aliphatic heterocycles. The minimum absolute atomic E-state index is 0.219. The van der Waals surface area contributed by atoms with E-state index >= 15 is 0 Å². The molecule has 1 aromatic carbocycles. The van der Waals surface area contributed by atoms with Crippen molar-refractivity contribution in [2.75, 3.05) is 14.2 Å². The highest BCUT2D eigenvalue weighted by Crippen LogP contribution is 2.22. The van der Waals surface area contributed by atoms with Crippen molar-refractivity contribution in [3.05, 3.63) is 46.8 Å². The van der Waals surface area contributed by atoms with Crippen molar-refractivity contribution in [2.24, 2.45) is 0 Å². The number of carbonyl (C=O) groups excluding carboxylic acids is 1. The predicted molar refractivity (Wildman–Crippen MR) is 84.7 cm³/mol. The van der Waals surface area contributed by atoms with Gasteiger partial charge in [-0.25, -0.2) is 13.1 Å². The fraction of sp³-hybridized carbons (Fsp3) is 0.214. The quantitative estimate of drug-likeness (QED) is 0.836. The molecular formula is C14H16N2O4S2. The van der Waals surface area contributed by atoms with Crippen LogP contribution < -0.4 is 14.8 Å². The molecule has 0 aliphatic rings. The number of hydrogen-bond donors (Lipinski definition) is 2. The molecule has 0 fully saturated rings. The number of thiophene rings is 1. The summed E-state index contributed by atoms with van der Waals surface area (Å²) in [5.74, 6) is 0.216. The van der Waals surface area contributed by atoms with Crippen LogP contribution in [0.5, 0.6) is 5.75 Å². The maximum absolute atomic E-state index is 12.1. The summed E-state index contributed by atoms with van der Waals surface area (Å²) in [5, 5.41) is 2.75. The van der Waals surface area contributed by atoms with Crippen LogP contribution in [0, 0.1) is 0 Å². The lowest BCUT2D eigenvalue weighted by atomic mass is 10.2. The van der Waals surface area contributed by atoms with Crippen LogP contribution in [0.15, 0.2) is 40.6 Å². The first-order valence-corrected chi connectivity index (χ1v) is 8.71. The maximum Gasteiger partial charge on any atom is 0.255 e. The van der Waals surface area contributed by atoms with Crippen molar-refractivity contribution >= 4 is 27.3 Å². The number of methoxy groups -OCH3 is 1. The molecule has 0 aliphatic carbocycles. The Kier molecular flexibility index (Phi) is 5.17. The van der Waals surface area contributed by atoms with E-state index in [0.29, 0.717) is 11.3 Å². The highest BCUT2D eigenvalue weighted by Gasteiger charge is 2.15. The Bertz CT molecular complexity index is 769. The number of sulfonamides is 1. The Morgan fingerprint density at radius 2 is 1.95 bits per heavy atom. The second kappa shape index (κ2) is 6.91. The summed E-state index contributed by atoms with van der Waals surface area (Å²) in [6, 6.07) is 10.1. The molecule has 0 saturated heterocycles. The van der Waals surface area contributed by atoms with Gasteiger partial charge in [0, 0.05) is 4.88 Å². The Labute approximate surface area is 133 Å². The zero-order valence-electron chi connectivity index (χ0n) is 12.1. The summed E-state index contributed by atoms with van der Waals surface area (Å²) in [6.45, 7) is 0.251. The molecule has 0 unspecified atom stereocenters. The third kappa shape index (κ3) is 3.65. The number of benzene rings is 1. The summed E-state index contributed by atoms with van der Waals surface area (Å²) in [5.41, 5.74) is 0.435. The molecule has 0 radical (unpaired) electrons. The number of hydrogen-bond acceptors (Lipinski definition) is 5. The maximum atomic E-state index is 12.1. The minimum Gasteiger partial charge on any atom is -0.496 e. The van der Waals surface area contributed by atoms with E-state index in [9.17, 15) is 13.2 Å². The first-order chi connectivity index (χ1) is 10.5. The van der Waals surface area contributed by atoms with Crippen molar-refractivity contribution in [3.8, 4) is 5.75 Å². The number of rotatable bonds is 6. The van der Waals surface area contributed by atoms with Crippen molar-refractivity contribution < 1.29 is 17.9 Å². The Hall–Kier alpha value is -1.90. The van der Waals surface area contributed by atoms with Gasteiger partial charge in [0.25, 0.3) is 5.91 Å². The Morgan fingerprint density at radius 1 is 1.23 bits per heavy atom. The standard InChI is InChI=1S/C14H16N2O4S2/c1-15-22(18,19)13-8-7-10(21-13)9-16-14(17)11-5-3-4-6-12(11)20-2/h3-8,15H,9H2,1-2H3,(H,16,17). The number of nitrogens with one attached hydrogen (secondary N) is 2. The van der Waals surface area contributed by atoms with E-state index in [0.717, 1.165) is 16.2 Å². The molecular weight excluding hydrogens is 324 g/mol. The fourth-order valence-corrected chi connectivity index (χ4v) is 3.93. The predicted octanol–water partition coefficient (Wildman–Crippen LogP) is 1.59. The lowest BCUT2D eigenvalue weighted by molar-refractivity contribution is 0.0948. The first kappa shape index (κ1) is 16.5. The molecule has 118 valence electrons. The number of para-hydroxylation sites is 1. The van der Waals surface area contributed by atoms with Gasteiger partial charge in [-0.1, -0.05) is 12.1 Å².